The van der Waals surface area contributed by atoms with E-state index in [1.165, 1.54) is 0 Å². The van der Waals surface area contributed by atoms with E-state index in [0.29, 0.717) is 12.8 Å². The van der Waals surface area contributed by atoms with Gasteiger partial charge in [-0.25, -0.2) is 0 Å². The number of allylic oxidation sites excluding steroid dienone is 1. The zero-order valence-electron chi connectivity index (χ0n) is 14.8. The lowest BCUT2D eigenvalue weighted by molar-refractivity contribution is -0.163. The minimum atomic E-state index is -1.12. The largest absolute Gasteiger partial charge is 0.460 e. The first kappa shape index (κ1) is 19.9. The first-order chi connectivity index (χ1) is 10.6. The molecule has 0 aromatic heterocycles. The molecule has 1 aliphatic rings. The number of carbonyl (C=O) groups excluding carboxylic acids is 1. The van der Waals surface area contributed by atoms with Gasteiger partial charge < -0.3 is 19.7 Å². The van der Waals surface area contributed by atoms with E-state index >= 15 is 0 Å². The van der Waals surface area contributed by atoms with Crippen LogP contribution in [-0.2, 0) is 14.3 Å². The van der Waals surface area contributed by atoms with Crippen LogP contribution in [0.25, 0.3) is 0 Å². The zero-order valence-corrected chi connectivity index (χ0v) is 14.8. The van der Waals surface area contributed by atoms with Crippen LogP contribution in [0.3, 0.4) is 0 Å². The number of cyclic esters (lactones) is 1. The summed E-state index contributed by atoms with van der Waals surface area (Å²) >= 11 is 0. The first-order valence-electron chi connectivity index (χ1n) is 8.10. The van der Waals surface area contributed by atoms with Crippen molar-refractivity contribution in [2.24, 2.45) is 0 Å². The third-order valence-electron chi connectivity index (χ3n) is 4.47. The molecular formula is C18H30O5. The fraction of sp³-hybridized carbons (Fsp3) is 0.722. The number of aliphatic hydroxyl groups is 2. The monoisotopic (exact) mass is 326 g/mol. The Bertz CT molecular complexity index is 462. The Balaban J connectivity index is 3.02. The topological polar surface area (TPSA) is 76.0 Å². The molecule has 1 rings (SSSR count). The van der Waals surface area contributed by atoms with Crippen molar-refractivity contribution in [2.75, 3.05) is 7.11 Å². The van der Waals surface area contributed by atoms with Gasteiger partial charge in [0.05, 0.1) is 17.3 Å². The van der Waals surface area contributed by atoms with E-state index in [1.807, 2.05) is 13.0 Å². The number of rotatable bonds is 1. The molecule has 1 heterocycles. The molecule has 1 aliphatic heterocycles. The summed E-state index contributed by atoms with van der Waals surface area (Å²) in [5.41, 5.74) is -1.21. The van der Waals surface area contributed by atoms with Gasteiger partial charge in [0.1, 0.15) is 6.10 Å². The first-order valence-corrected chi connectivity index (χ1v) is 8.10. The van der Waals surface area contributed by atoms with Crippen LogP contribution in [0, 0.1) is 0 Å². The predicted octanol–water partition coefficient (Wildman–Crippen LogP) is 2.51. The number of hydrogen-bond donors (Lipinski definition) is 2. The third kappa shape index (κ3) is 6.45. The second-order valence-corrected chi connectivity index (χ2v) is 6.85. The summed E-state index contributed by atoms with van der Waals surface area (Å²) < 4.78 is 10.7. The molecule has 4 atom stereocenters. The highest BCUT2D eigenvalue weighted by Crippen LogP contribution is 2.24. The molecule has 0 bridgehead atoms. The van der Waals surface area contributed by atoms with E-state index < -0.39 is 23.3 Å². The molecule has 2 N–H and O–H groups in total. The quantitative estimate of drug-likeness (QED) is 0.572. The summed E-state index contributed by atoms with van der Waals surface area (Å²) in [6.07, 6.45) is 6.08. The highest BCUT2D eigenvalue weighted by atomic mass is 16.6. The lowest BCUT2D eigenvalue weighted by Gasteiger charge is -2.30. The summed E-state index contributed by atoms with van der Waals surface area (Å²) in [6.45, 7) is 6.96. The zero-order chi connectivity index (χ0) is 17.7. The maximum atomic E-state index is 11.9. The van der Waals surface area contributed by atoms with Crippen LogP contribution < -0.4 is 0 Å². The standard InChI is InChI=1S/C18H30O5/c1-13-7-6-10-18(4,21)14(2)23-16(19)9-12-17(3,20)11-8-15(13)22-5/h7-8,11,14-15,20-21H,6,9-10,12H2,1-5H3. The van der Waals surface area contributed by atoms with E-state index in [9.17, 15) is 15.0 Å². The van der Waals surface area contributed by atoms with Crippen molar-refractivity contribution in [1.29, 1.82) is 0 Å². The van der Waals surface area contributed by atoms with Crippen molar-refractivity contribution in [1.82, 2.24) is 0 Å². The molecule has 0 saturated carbocycles. The van der Waals surface area contributed by atoms with Gasteiger partial charge in [0.2, 0.25) is 0 Å². The molecular weight excluding hydrogens is 296 g/mol. The lowest BCUT2D eigenvalue weighted by atomic mass is 9.92. The SMILES string of the molecule is COC1C=CC(C)(O)CCC(=O)OC(C)C(C)(O)CCC=C1C. The van der Waals surface area contributed by atoms with Crippen LogP contribution in [0.5, 0.6) is 0 Å². The molecule has 0 fully saturated rings. The van der Waals surface area contributed by atoms with Crippen LogP contribution in [0.15, 0.2) is 23.8 Å². The molecule has 4 unspecified atom stereocenters. The predicted molar refractivity (Wildman–Crippen MR) is 89.0 cm³/mol. The third-order valence-corrected chi connectivity index (χ3v) is 4.47. The molecule has 5 nitrogen and oxygen atoms in total. The Kier molecular flexibility index (Phi) is 6.99. The molecule has 23 heavy (non-hydrogen) atoms. The lowest BCUT2D eigenvalue weighted by Crippen LogP contribution is -2.40. The number of hydrogen-bond acceptors (Lipinski definition) is 5. The average Bonchev–Trinajstić information content (AvgIpc) is 2.44. The van der Waals surface area contributed by atoms with Crippen LogP contribution in [0.1, 0.15) is 53.4 Å². The van der Waals surface area contributed by atoms with Crippen molar-refractivity contribution < 1.29 is 24.5 Å². The highest BCUT2D eigenvalue weighted by molar-refractivity contribution is 5.69. The van der Waals surface area contributed by atoms with Crippen LogP contribution in [-0.4, -0.2) is 46.7 Å². The number of esters is 1. The van der Waals surface area contributed by atoms with E-state index in [2.05, 4.69) is 0 Å². The van der Waals surface area contributed by atoms with Gasteiger partial charge in [-0.1, -0.05) is 18.2 Å². The minimum absolute atomic E-state index is 0.0875. The van der Waals surface area contributed by atoms with Crippen molar-refractivity contribution in [3.63, 3.8) is 0 Å². The Morgan fingerprint density at radius 3 is 2.57 bits per heavy atom. The molecule has 132 valence electrons. The number of methoxy groups -OCH3 is 1. The van der Waals surface area contributed by atoms with Gasteiger partial charge in [-0.2, -0.15) is 0 Å². The molecule has 0 spiro atoms. The molecule has 0 amide bonds. The van der Waals surface area contributed by atoms with E-state index in [1.54, 1.807) is 40.0 Å². The van der Waals surface area contributed by atoms with Gasteiger partial charge in [-0.3, -0.25) is 4.79 Å². The van der Waals surface area contributed by atoms with Crippen LogP contribution in [0.4, 0.5) is 0 Å². The van der Waals surface area contributed by atoms with Gasteiger partial charge in [0.25, 0.3) is 0 Å². The smallest absolute Gasteiger partial charge is 0.306 e. The van der Waals surface area contributed by atoms with Gasteiger partial charge >= 0.3 is 5.97 Å². The van der Waals surface area contributed by atoms with Gasteiger partial charge in [0.15, 0.2) is 0 Å². The van der Waals surface area contributed by atoms with Crippen LogP contribution in [0.2, 0.25) is 0 Å². The number of carbonyl (C=O) groups is 1. The van der Waals surface area contributed by atoms with Crippen molar-refractivity contribution in [3.05, 3.63) is 23.8 Å². The Hall–Kier alpha value is -1.17. The molecule has 5 heteroatoms. The maximum absolute atomic E-state index is 11.9. The maximum Gasteiger partial charge on any atom is 0.306 e. The Morgan fingerprint density at radius 1 is 1.30 bits per heavy atom. The minimum Gasteiger partial charge on any atom is -0.460 e. The summed E-state index contributed by atoms with van der Waals surface area (Å²) in [7, 11) is 1.61. The van der Waals surface area contributed by atoms with Crippen molar-refractivity contribution >= 4 is 5.97 Å². The Morgan fingerprint density at radius 2 is 1.96 bits per heavy atom. The number of ether oxygens (including phenoxy) is 2. The van der Waals surface area contributed by atoms with Crippen molar-refractivity contribution in [2.45, 2.75) is 76.8 Å². The van der Waals surface area contributed by atoms with Gasteiger partial charge in [0, 0.05) is 13.5 Å². The summed E-state index contributed by atoms with van der Waals surface area (Å²) in [4.78, 5) is 11.9. The van der Waals surface area contributed by atoms with E-state index in [-0.39, 0.29) is 18.9 Å². The van der Waals surface area contributed by atoms with Gasteiger partial charge in [-0.15, -0.1) is 0 Å². The van der Waals surface area contributed by atoms with Gasteiger partial charge in [-0.05, 0) is 52.5 Å². The second kappa shape index (κ2) is 8.08. The summed E-state index contributed by atoms with van der Waals surface area (Å²) in [6, 6.07) is 0. The fourth-order valence-electron chi connectivity index (χ4n) is 2.44. The fourth-order valence-corrected chi connectivity index (χ4v) is 2.44. The molecule has 0 aromatic rings. The molecule has 0 aromatic carbocycles. The van der Waals surface area contributed by atoms with E-state index in [4.69, 9.17) is 9.47 Å². The summed E-state index contributed by atoms with van der Waals surface area (Å²) in [5, 5.41) is 20.8. The van der Waals surface area contributed by atoms with Crippen LogP contribution >= 0.6 is 0 Å². The van der Waals surface area contributed by atoms with Crippen molar-refractivity contribution in [3.8, 4) is 0 Å². The van der Waals surface area contributed by atoms with E-state index in [0.717, 1.165) is 5.57 Å². The second-order valence-electron chi connectivity index (χ2n) is 6.85. The average molecular weight is 326 g/mol. The molecule has 0 saturated heterocycles. The Labute approximate surface area is 139 Å². The molecule has 0 aliphatic carbocycles. The summed E-state index contributed by atoms with van der Waals surface area (Å²) in [5.74, 6) is -0.418. The normalized spacial score (nSPS) is 37.7. The molecule has 0 radical (unpaired) electrons. The highest BCUT2D eigenvalue weighted by Gasteiger charge is 2.31.